The van der Waals surface area contributed by atoms with Gasteiger partial charge in [-0.2, -0.15) is 0 Å². The number of phosphoric acid groups is 2. The van der Waals surface area contributed by atoms with E-state index in [9.17, 15) is 18.9 Å². The van der Waals surface area contributed by atoms with Crippen LogP contribution in [0.15, 0.2) is 25.3 Å². The Labute approximate surface area is 235 Å². The van der Waals surface area contributed by atoms with E-state index in [1.807, 2.05) is 0 Å². The first-order valence-electron chi connectivity index (χ1n) is 12.6. The van der Waals surface area contributed by atoms with Crippen LogP contribution in [-0.2, 0) is 36.7 Å². The Morgan fingerprint density at radius 3 is 1.55 bits per heavy atom. The lowest BCUT2D eigenvalue weighted by Crippen LogP contribution is -2.32. The molecule has 8 atom stereocenters. The molecule has 22 heteroatoms. The predicted molar refractivity (Wildman–Crippen MR) is 138 cm³/mol. The third-order valence-electron chi connectivity index (χ3n) is 7.10. The number of phosphoric ester groups is 2. The summed E-state index contributed by atoms with van der Waals surface area (Å²) in [6.45, 7) is -1.05. The molecule has 6 N–H and O–H groups in total. The highest BCUT2D eigenvalue weighted by atomic mass is 31.2. The summed E-state index contributed by atoms with van der Waals surface area (Å²) in [6.07, 6.45) is -0.598. The Bertz CT molecular complexity index is 1630. The number of nitrogens with two attached hydrogens (primary N) is 2. The van der Waals surface area contributed by atoms with Crippen molar-refractivity contribution in [1.82, 2.24) is 39.0 Å². The van der Waals surface area contributed by atoms with Crippen molar-refractivity contribution >= 4 is 49.6 Å². The molecule has 0 bridgehead atoms. The molecule has 4 aromatic rings. The van der Waals surface area contributed by atoms with Gasteiger partial charge in [0.25, 0.3) is 0 Å². The van der Waals surface area contributed by atoms with Crippen LogP contribution in [0.25, 0.3) is 22.3 Å². The second-order valence-corrected chi connectivity index (χ2v) is 12.5. The topological polar surface area (TPSA) is 269 Å². The van der Waals surface area contributed by atoms with Crippen molar-refractivity contribution in [2.45, 2.75) is 49.7 Å². The summed E-state index contributed by atoms with van der Waals surface area (Å²) in [5, 5.41) is 0. The molecule has 0 radical (unpaired) electrons. The van der Waals surface area contributed by atoms with E-state index in [0.717, 1.165) is 0 Å². The van der Waals surface area contributed by atoms with E-state index in [-0.39, 0.29) is 24.5 Å². The van der Waals surface area contributed by atoms with Crippen LogP contribution in [-0.4, -0.2) is 86.5 Å². The summed E-state index contributed by atoms with van der Waals surface area (Å²) in [7, 11) is -9.41. The molecule has 224 valence electrons. The van der Waals surface area contributed by atoms with Crippen molar-refractivity contribution in [1.29, 1.82) is 0 Å². The van der Waals surface area contributed by atoms with Gasteiger partial charge >= 0.3 is 15.6 Å². The molecule has 4 aromatic heterocycles. The molecule has 0 aromatic carbocycles. The first-order valence-corrected chi connectivity index (χ1v) is 15.5. The fraction of sp³-hybridized carbons (Fsp3) is 0.500. The quantitative estimate of drug-likeness (QED) is 0.219. The maximum absolute atomic E-state index is 13.0. The Morgan fingerprint density at radius 2 is 1.12 bits per heavy atom. The van der Waals surface area contributed by atoms with Crippen molar-refractivity contribution in [3.63, 3.8) is 0 Å². The minimum atomic E-state index is -4.70. The van der Waals surface area contributed by atoms with Crippen LogP contribution in [0.4, 0.5) is 11.6 Å². The van der Waals surface area contributed by atoms with Crippen molar-refractivity contribution in [3.8, 4) is 0 Å². The van der Waals surface area contributed by atoms with Crippen LogP contribution in [0.2, 0.25) is 0 Å². The maximum atomic E-state index is 13.0. The van der Waals surface area contributed by atoms with E-state index < -0.39 is 65.7 Å². The number of nitrogen functional groups attached to an aromatic ring is 2. The molecule has 4 unspecified atom stereocenters. The van der Waals surface area contributed by atoms with E-state index in [4.69, 9.17) is 39.0 Å². The zero-order chi connectivity index (χ0) is 29.2. The lowest BCUT2D eigenvalue weighted by atomic mass is 10.2. The van der Waals surface area contributed by atoms with Gasteiger partial charge in [-0.15, -0.1) is 0 Å². The summed E-state index contributed by atoms with van der Waals surface area (Å²) in [4.78, 5) is 45.7. The first kappa shape index (κ1) is 27.7. The number of hydrogen-bond donors (Lipinski definition) is 4. The maximum Gasteiger partial charge on any atom is 0.472 e. The van der Waals surface area contributed by atoms with Gasteiger partial charge in [0.2, 0.25) is 0 Å². The molecule has 3 aliphatic heterocycles. The van der Waals surface area contributed by atoms with Crippen LogP contribution in [0.1, 0.15) is 25.3 Å². The monoisotopic (exact) mass is 626 g/mol. The standard InChI is InChI=1S/C20H24N10O10P2/c21-17-15-19(25-5-23-17)29(7-27-15)13-1-9-11(37-13)3-35-42(33,34)40-10-2-14(38-12(10)4-36-41(31,32)39-9)30-8-28-16-18(22)24-6-26-20(16)30/h5-14H,1-4H2,(H,31,32)(H,33,34)(H2,21,23,25)(H2,22,24,26)/t9?,10?,11-,12-,13-,14-/m1/s1. The third-order valence-corrected chi connectivity index (χ3v) is 9.12. The number of fused-ring (bicyclic) bond motifs is 4. The number of hydrogen-bond acceptors (Lipinski definition) is 16. The first-order chi connectivity index (χ1) is 20.1. The summed E-state index contributed by atoms with van der Waals surface area (Å²) in [5.74, 6) is 0.311. The number of rotatable bonds is 2. The Hall–Kier alpha value is -3.16. The number of ether oxygens (including phenoxy) is 2. The van der Waals surface area contributed by atoms with Gasteiger partial charge in [0.1, 0.15) is 60.6 Å². The minimum absolute atomic E-state index is 0.0111. The number of imidazole rings is 2. The summed E-state index contributed by atoms with van der Waals surface area (Å²) in [6, 6.07) is 0. The summed E-state index contributed by atoms with van der Waals surface area (Å²) < 4.78 is 62.5. The molecule has 3 fully saturated rings. The molecule has 0 amide bonds. The lowest BCUT2D eigenvalue weighted by molar-refractivity contribution is -0.0661. The van der Waals surface area contributed by atoms with Gasteiger partial charge < -0.3 is 30.7 Å². The second-order valence-electron chi connectivity index (χ2n) is 9.71. The molecule has 3 saturated heterocycles. The Morgan fingerprint density at radius 1 is 0.690 bits per heavy atom. The fourth-order valence-corrected chi connectivity index (χ4v) is 7.08. The van der Waals surface area contributed by atoms with Crippen molar-refractivity contribution in [3.05, 3.63) is 25.3 Å². The molecular formula is C20H24N10O10P2. The normalized spacial score (nSPS) is 36.0. The molecule has 0 spiro atoms. The zero-order valence-electron chi connectivity index (χ0n) is 21.4. The summed E-state index contributed by atoms with van der Waals surface area (Å²) in [5.41, 5.74) is 13.1. The highest BCUT2D eigenvalue weighted by molar-refractivity contribution is 7.47. The van der Waals surface area contributed by atoms with Crippen molar-refractivity contribution in [2.75, 3.05) is 24.7 Å². The lowest BCUT2D eigenvalue weighted by Gasteiger charge is -2.26. The van der Waals surface area contributed by atoms with E-state index in [2.05, 4.69) is 29.9 Å². The van der Waals surface area contributed by atoms with E-state index in [1.54, 1.807) is 0 Å². The van der Waals surface area contributed by atoms with Crippen LogP contribution in [0.3, 0.4) is 0 Å². The van der Waals surface area contributed by atoms with Crippen LogP contribution >= 0.6 is 15.6 Å². The predicted octanol–water partition coefficient (Wildman–Crippen LogP) is 0.424. The molecule has 0 saturated carbocycles. The van der Waals surface area contributed by atoms with Crippen molar-refractivity contribution < 1.29 is 46.5 Å². The van der Waals surface area contributed by atoms with Gasteiger partial charge in [-0.3, -0.25) is 27.2 Å². The van der Waals surface area contributed by atoms with E-state index in [0.29, 0.717) is 22.3 Å². The van der Waals surface area contributed by atoms with Gasteiger partial charge in [-0.05, 0) is 0 Å². The molecular weight excluding hydrogens is 602 g/mol. The largest absolute Gasteiger partial charge is 0.472 e. The van der Waals surface area contributed by atoms with Gasteiger partial charge in [0.05, 0.1) is 25.9 Å². The fourth-order valence-electron chi connectivity index (χ4n) is 5.16. The molecule has 0 aliphatic carbocycles. The Balaban J connectivity index is 1.12. The molecule has 7 heterocycles. The number of nitrogens with zero attached hydrogens (tertiary/aromatic N) is 8. The average Bonchev–Trinajstić information content (AvgIpc) is 3.71. The third kappa shape index (κ3) is 5.05. The van der Waals surface area contributed by atoms with Crippen LogP contribution in [0.5, 0.6) is 0 Å². The van der Waals surface area contributed by atoms with Crippen LogP contribution < -0.4 is 11.5 Å². The SMILES string of the molecule is Nc1ncnc2c1ncn2[C@H]1CC2OP(=O)(O)OC[C@H]3O[C@@H](n4cnc5c(N)ncnc54)CC3OP(=O)(O)OC[C@H]2O1. The van der Waals surface area contributed by atoms with E-state index >= 15 is 0 Å². The van der Waals surface area contributed by atoms with Gasteiger partial charge in [-0.1, -0.05) is 0 Å². The second kappa shape index (κ2) is 10.2. The Kier molecular flexibility index (Phi) is 6.74. The number of aromatic nitrogens is 8. The smallest absolute Gasteiger partial charge is 0.382 e. The zero-order valence-corrected chi connectivity index (χ0v) is 23.2. The average molecular weight is 626 g/mol. The number of anilines is 2. The molecule has 20 nitrogen and oxygen atoms in total. The van der Waals surface area contributed by atoms with Crippen LogP contribution in [0, 0.1) is 0 Å². The van der Waals surface area contributed by atoms with Gasteiger partial charge in [0, 0.05) is 12.8 Å². The molecule has 3 aliphatic rings. The summed E-state index contributed by atoms with van der Waals surface area (Å²) >= 11 is 0. The minimum Gasteiger partial charge on any atom is -0.382 e. The molecule has 7 rings (SSSR count). The molecule has 42 heavy (non-hydrogen) atoms. The van der Waals surface area contributed by atoms with Gasteiger partial charge in [-0.25, -0.2) is 39.0 Å². The van der Waals surface area contributed by atoms with Gasteiger partial charge in [0.15, 0.2) is 22.9 Å². The van der Waals surface area contributed by atoms with Crippen molar-refractivity contribution in [2.24, 2.45) is 0 Å². The highest BCUT2D eigenvalue weighted by Gasteiger charge is 2.47. The van der Waals surface area contributed by atoms with E-state index in [1.165, 1.54) is 34.4 Å². The highest BCUT2D eigenvalue weighted by Crippen LogP contribution is 2.53.